The van der Waals surface area contributed by atoms with Crippen LogP contribution >= 0.6 is 11.3 Å². The lowest BCUT2D eigenvalue weighted by molar-refractivity contribution is 0.262. The van der Waals surface area contributed by atoms with Crippen molar-refractivity contribution < 1.29 is 17.9 Å². The van der Waals surface area contributed by atoms with E-state index in [1.807, 2.05) is 32.9 Å². The number of carbonyl (C=O) groups excluding carboxylic acids is 1. The Morgan fingerprint density at radius 1 is 1.03 bits per heavy atom. The maximum Gasteiger partial charge on any atom is 0.323 e. The SMILES string of the molecule is CCOc1ccccc1NC(=O)Nc1cc(C)c2nc(NS(=O)(=O)c3ccc(C)cc3)sc2c1. The lowest BCUT2D eigenvalue weighted by atomic mass is 10.2. The van der Waals surface area contributed by atoms with Gasteiger partial charge < -0.3 is 15.4 Å². The van der Waals surface area contributed by atoms with E-state index in [2.05, 4.69) is 20.3 Å². The zero-order valence-electron chi connectivity index (χ0n) is 18.9. The number of thiazole rings is 1. The molecule has 3 aromatic carbocycles. The molecule has 0 atom stereocenters. The number of sulfonamides is 1. The van der Waals surface area contributed by atoms with E-state index in [4.69, 9.17) is 4.74 Å². The van der Waals surface area contributed by atoms with Crippen molar-refractivity contribution in [3.8, 4) is 5.75 Å². The number of aromatic nitrogens is 1. The first-order valence-electron chi connectivity index (χ1n) is 10.6. The second-order valence-corrected chi connectivity index (χ2v) is 10.3. The fraction of sp³-hybridized carbons (Fsp3) is 0.167. The van der Waals surface area contributed by atoms with Crippen LogP contribution in [0.2, 0.25) is 0 Å². The molecule has 0 aliphatic heterocycles. The van der Waals surface area contributed by atoms with E-state index in [9.17, 15) is 13.2 Å². The van der Waals surface area contributed by atoms with Gasteiger partial charge in [0.1, 0.15) is 5.75 Å². The molecule has 1 heterocycles. The first-order valence-corrected chi connectivity index (χ1v) is 12.9. The van der Waals surface area contributed by atoms with E-state index in [-0.39, 0.29) is 10.0 Å². The summed E-state index contributed by atoms with van der Waals surface area (Å²) in [7, 11) is -3.76. The van der Waals surface area contributed by atoms with Crippen molar-refractivity contribution in [3.63, 3.8) is 0 Å². The molecule has 176 valence electrons. The molecule has 0 saturated heterocycles. The monoisotopic (exact) mass is 496 g/mol. The van der Waals surface area contributed by atoms with Crippen molar-refractivity contribution in [3.05, 3.63) is 71.8 Å². The third kappa shape index (κ3) is 5.29. The number of anilines is 3. The highest BCUT2D eigenvalue weighted by Gasteiger charge is 2.18. The number of nitrogens with zero attached hydrogens (tertiary/aromatic N) is 1. The van der Waals surface area contributed by atoms with E-state index in [1.54, 1.807) is 48.5 Å². The Bertz CT molecular complexity index is 1450. The second kappa shape index (κ2) is 9.70. The lowest BCUT2D eigenvalue weighted by Crippen LogP contribution is -2.20. The minimum absolute atomic E-state index is 0.167. The highest BCUT2D eigenvalue weighted by molar-refractivity contribution is 7.93. The minimum atomic E-state index is -3.76. The molecule has 1 aromatic heterocycles. The van der Waals surface area contributed by atoms with Crippen molar-refractivity contribution in [1.82, 2.24) is 4.98 Å². The second-order valence-electron chi connectivity index (χ2n) is 7.59. The van der Waals surface area contributed by atoms with Crippen LogP contribution in [0.1, 0.15) is 18.1 Å². The summed E-state index contributed by atoms with van der Waals surface area (Å²) in [6.07, 6.45) is 0. The quantitative estimate of drug-likeness (QED) is 0.301. The van der Waals surface area contributed by atoms with Gasteiger partial charge in [0.25, 0.3) is 10.0 Å². The lowest BCUT2D eigenvalue weighted by Gasteiger charge is -2.12. The number of benzene rings is 3. The van der Waals surface area contributed by atoms with Gasteiger partial charge in [0.15, 0.2) is 5.13 Å². The molecule has 8 nitrogen and oxygen atoms in total. The largest absolute Gasteiger partial charge is 0.492 e. The van der Waals surface area contributed by atoms with E-state index < -0.39 is 16.1 Å². The first kappa shape index (κ1) is 23.5. The van der Waals surface area contributed by atoms with Crippen molar-refractivity contribution in [1.29, 1.82) is 0 Å². The Morgan fingerprint density at radius 3 is 2.50 bits per heavy atom. The van der Waals surface area contributed by atoms with Crippen LogP contribution in [-0.4, -0.2) is 26.0 Å². The minimum Gasteiger partial charge on any atom is -0.492 e. The summed E-state index contributed by atoms with van der Waals surface area (Å²) in [5.74, 6) is 0.583. The number of aryl methyl sites for hydroxylation is 2. The smallest absolute Gasteiger partial charge is 0.323 e. The normalized spacial score (nSPS) is 11.3. The fourth-order valence-electron chi connectivity index (χ4n) is 3.34. The summed E-state index contributed by atoms with van der Waals surface area (Å²) < 4.78 is 34.3. The van der Waals surface area contributed by atoms with E-state index >= 15 is 0 Å². The van der Waals surface area contributed by atoms with Gasteiger partial charge in [0.2, 0.25) is 0 Å². The molecule has 0 bridgehead atoms. The molecule has 0 aliphatic rings. The van der Waals surface area contributed by atoms with Crippen LogP contribution in [-0.2, 0) is 10.0 Å². The number of hydrogen-bond acceptors (Lipinski definition) is 6. The summed E-state index contributed by atoms with van der Waals surface area (Å²) in [5.41, 5.74) is 3.57. The molecular weight excluding hydrogens is 472 g/mol. The van der Waals surface area contributed by atoms with Crippen molar-refractivity contribution >= 4 is 54.1 Å². The molecule has 0 unspecified atom stereocenters. The van der Waals surface area contributed by atoms with Crippen molar-refractivity contribution in [2.45, 2.75) is 25.7 Å². The molecule has 0 spiro atoms. The fourth-order valence-corrected chi connectivity index (χ4v) is 5.56. The van der Waals surface area contributed by atoms with Crippen molar-refractivity contribution in [2.75, 3.05) is 22.0 Å². The summed E-state index contributed by atoms with van der Waals surface area (Å²) in [5, 5.41) is 5.86. The number of amides is 2. The number of urea groups is 1. The molecular formula is C24H24N4O4S2. The number of nitrogens with one attached hydrogen (secondary N) is 3. The van der Waals surface area contributed by atoms with Gasteiger partial charge in [-0.3, -0.25) is 4.72 Å². The predicted molar refractivity (Wildman–Crippen MR) is 137 cm³/mol. The van der Waals surface area contributed by atoms with E-state index in [1.165, 1.54) is 11.3 Å². The number of hydrogen-bond donors (Lipinski definition) is 3. The number of carbonyl (C=O) groups is 1. The average molecular weight is 497 g/mol. The number of ether oxygens (including phenoxy) is 1. The van der Waals surface area contributed by atoms with Crippen LogP contribution in [0.3, 0.4) is 0 Å². The Morgan fingerprint density at radius 2 is 1.76 bits per heavy atom. The Balaban J connectivity index is 1.53. The molecule has 2 amide bonds. The zero-order chi connectivity index (χ0) is 24.3. The van der Waals surface area contributed by atoms with Gasteiger partial charge in [-0.2, -0.15) is 0 Å². The number of para-hydroxylation sites is 2. The standard InChI is InChI=1S/C24H24N4O4S2/c1-4-32-20-8-6-5-7-19(20)26-23(29)25-17-13-16(3)22-21(14-17)33-24(27-22)28-34(30,31)18-11-9-15(2)10-12-18/h5-14H,4H2,1-3H3,(H,27,28)(H2,25,26,29). The molecule has 0 radical (unpaired) electrons. The zero-order valence-corrected chi connectivity index (χ0v) is 20.5. The topological polar surface area (TPSA) is 109 Å². The van der Waals surface area contributed by atoms with Gasteiger partial charge in [0, 0.05) is 5.69 Å². The molecule has 4 aromatic rings. The molecule has 10 heteroatoms. The Hall–Kier alpha value is -3.63. The molecule has 0 aliphatic carbocycles. The third-order valence-corrected chi connectivity index (χ3v) is 7.33. The van der Waals surface area contributed by atoms with Crippen LogP contribution in [0, 0.1) is 13.8 Å². The summed E-state index contributed by atoms with van der Waals surface area (Å²) in [6.45, 7) is 6.11. The summed E-state index contributed by atoms with van der Waals surface area (Å²) in [4.78, 5) is 17.2. The highest BCUT2D eigenvalue weighted by Crippen LogP contribution is 2.32. The maximum absolute atomic E-state index is 12.7. The van der Waals surface area contributed by atoms with Crippen LogP contribution in [0.25, 0.3) is 10.2 Å². The highest BCUT2D eigenvalue weighted by atomic mass is 32.2. The van der Waals surface area contributed by atoms with E-state index in [0.29, 0.717) is 29.2 Å². The first-order chi connectivity index (χ1) is 16.2. The van der Waals surface area contributed by atoms with Gasteiger partial charge >= 0.3 is 6.03 Å². The molecule has 3 N–H and O–H groups in total. The molecule has 0 saturated carbocycles. The summed E-state index contributed by atoms with van der Waals surface area (Å²) in [6, 6.07) is 16.9. The van der Waals surface area contributed by atoms with Gasteiger partial charge in [0.05, 0.1) is 27.4 Å². The van der Waals surface area contributed by atoms with Crippen molar-refractivity contribution in [2.24, 2.45) is 0 Å². The molecule has 4 rings (SSSR count). The van der Waals surface area contributed by atoms with E-state index in [0.717, 1.165) is 15.8 Å². The Kier molecular flexibility index (Phi) is 6.71. The summed E-state index contributed by atoms with van der Waals surface area (Å²) >= 11 is 1.20. The predicted octanol–water partition coefficient (Wildman–Crippen LogP) is 5.76. The van der Waals surface area contributed by atoms with Crippen LogP contribution in [0.5, 0.6) is 5.75 Å². The van der Waals surface area contributed by atoms with Gasteiger partial charge in [-0.05, 0) is 62.7 Å². The van der Waals surface area contributed by atoms with Crippen LogP contribution < -0.4 is 20.1 Å². The molecule has 0 fully saturated rings. The number of rotatable bonds is 7. The van der Waals surface area contributed by atoms with Gasteiger partial charge in [-0.1, -0.05) is 41.2 Å². The average Bonchev–Trinajstić information content (AvgIpc) is 3.18. The van der Waals surface area contributed by atoms with Gasteiger partial charge in [-0.25, -0.2) is 18.2 Å². The maximum atomic E-state index is 12.7. The van der Waals surface area contributed by atoms with Crippen LogP contribution in [0.4, 0.5) is 21.3 Å². The number of fused-ring (bicyclic) bond motifs is 1. The third-order valence-electron chi connectivity index (χ3n) is 4.93. The Labute approximate surface area is 202 Å². The van der Waals surface area contributed by atoms with Crippen LogP contribution in [0.15, 0.2) is 65.6 Å². The molecule has 34 heavy (non-hydrogen) atoms. The van der Waals surface area contributed by atoms with Gasteiger partial charge in [-0.15, -0.1) is 0 Å².